The maximum absolute atomic E-state index is 10.8. The van der Waals surface area contributed by atoms with Crippen LogP contribution in [0.3, 0.4) is 0 Å². The highest BCUT2D eigenvalue weighted by atomic mass is 127. The van der Waals surface area contributed by atoms with Gasteiger partial charge in [-0.1, -0.05) is 0 Å². The minimum atomic E-state index is -1.05. The van der Waals surface area contributed by atoms with E-state index in [2.05, 4.69) is 20.7 Å². The maximum Gasteiger partial charge on any atom is 0.191 e. The summed E-state index contributed by atoms with van der Waals surface area (Å²) in [6.07, 6.45) is 1.75. The van der Waals surface area contributed by atoms with Gasteiger partial charge >= 0.3 is 0 Å². The minimum absolute atomic E-state index is 0. The molecular weight excluding hydrogens is 433 g/mol. The number of hydrogen-bond acceptors (Lipinski definition) is 4. The topological polar surface area (TPSA) is 87.6 Å². The Hall–Kier alpha value is -1.55. The van der Waals surface area contributed by atoms with Crippen LogP contribution >= 0.6 is 24.0 Å². The van der Waals surface area contributed by atoms with Crippen LogP contribution in [-0.4, -0.2) is 33.9 Å². The van der Waals surface area contributed by atoms with E-state index < -0.39 is 5.60 Å². The lowest BCUT2D eigenvalue weighted by molar-refractivity contribution is 0.0601. The number of halogens is 1. The Kier molecular flexibility index (Phi) is 7.94. The van der Waals surface area contributed by atoms with Crippen LogP contribution in [-0.2, 0) is 19.2 Å². The van der Waals surface area contributed by atoms with Gasteiger partial charge in [-0.15, -0.1) is 24.0 Å². The molecule has 0 aliphatic carbocycles. The van der Waals surface area contributed by atoms with E-state index in [1.165, 1.54) is 0 Å². The van der Waals surface area contributed by atoms with Gasteiger partial charge in [0.1, 0.15) is 17.1 Å². The highest BCUT2D eigenvalue weighted by Crippen LogP contribution is 2.26. The predicted molar refractivity (Wildman–Crippen MR) is 109 cm³/mol. The van der Waals surface area contributed by atoms with Crippen LogP contribution in [0.15, 0.2) is 27.7 Å². The van der Waals surface area contributed by atoms with Crippen molar-refractivity contribution in [1.82, 2.24) is 20.4 Å². The van der Waals surface area contributed by atoms with Gasteiger partial charge in [0.2, 0.25) is 0 Å². The molecule has 2 heterocycles. The monoisotopic (exact) mass is 461 g/mol. The number of guanidine groups is 1. The fraction of sp³-hybridized carbons (Fsp3) is 0.529. The van der Waals surface area contributed by atoms with Crippen LogP contribution in [0.2, 0.25) is 0 Å². The number of hydrogen-bond donors (Lipinski definition) is 3. The van der Waals surface area contributed by atoms with E-state index in [0.29, 0.717) is 19.0 Å². The van der Waals surface area contributed by atoms with Crippen LogP contribution in [0.25, 0.3) is 0 Å². The van der Waals surface area contributed by atoms with Gasteiger partial charge in [-0.2, -0.15) is 5.10 Å². The SMILES string of the molecule is CCNC(=NCc1ccnn1C)NCC(C)(O)c1cc(C)oc1C.I. The fourth-order valence-corrected chi connectivity index (χ4v) is 2.57. The van der Waals surface area contributed by atoms with Gasteiger partial charge in [0.15, 0.2) is 5.96 Å². The van der Waals surface area contributed by atoms with Crippen molar-refractivity contribution in [2.24, 2.45) is 12.0 Å². The lowest BCUT2D eigenvalue weighted by Crippen LogP contribution is -2.44. The second kappa shape index (κ2) is 9.23. The van der Waals surface area contributed by atoms with Gasteiger partial charge in [-0.25, -0.2) is 4.99 Å². The Bertz CT molecular complexity index is 706. The molecule has 1 unspecified atom stereocenters. The molecule has 7 nitrogen and oxygen atoms in total. The Morgan fingerprint density at radius 3 is 2.64 bits per heavy atom. The third kappa shape index (κ3) is 5.74. The van der Waals surface area contributed by atoms with Gasteiger partial charge in [0.05, 0.1) is 18.8 Å². The van der Waals surface area contributed by atoms with Crippen LogP contribution in [0, 0.1) is 13.8 Å². The van der Waals surface area contributed by atoms with E-state index >= 15 is 0 Å². The normalized spacial score (nSPS) is 13.9. The molecule has 140 valence electrons. The van der Waals surface area contributed by atoms with E-state index in [1.54, 1.807) is 17.8 Å². The first-order valence-corrected chi connectivity index (χ1v) is 8.12. The molecule has 2 aromatic heterocycles. The number of rotatable bonds is 6. The molecule has 0 bridgehead atoms. The Labute approximate surface area is 165 Å². The lowest BCUT2D eigenvalue weighted by Gasteiger charge is -2.24. The predicted octanol–water partition coefficient (Wildman–Crippen LogP) is 2.21. The summed E-state index contributed by atoms with van der Waals surface area (Å²) in [5.41, 5.74) is 0.750. The first-order valence-electron chi connectivity index (χ1n) is 8.12. The van der Waals surface area contributed by atoms with E-state index in [-0.39, 0.29) is 24.0 Å². The fourth-order valence-electron chi connectivity index (χ4n) is 2.57. The van der Waals surface area contributed by atoms with E-state index in [1.807, 2.05) is 40.0 Å². The van der Waals surface area contributed by atoms with Crippen molar-refractivity contribution in [2.75, 3.05) is 13.1 Å². The zero-order valence-corrected chi connectivity index (χ0v) is 17.8. The lowest BCUT2D eigenvalue weighted by atomic mass is 9.96. The summed E-state index contributed by atoms with van der Waals surface area (Å²) >= 11 is 0. The zero-order chi connectivity index (χ0) is 17.7. The first-order chi connectivity index (χ1) is 11.3. The second-order valence-electron chi connectivity index (χ2n) is 6.10. The summed E-state index contributed by atoms with van der Waals surface area (Å²) < 4.78 is 7.31. The second-order valence-corrected chi connectivity index (χ2v) is 6.10. The van der Waals surface area contributed by atoms with Gasteiger partial charge in [0.25, 0.3) is 0 Å². The molecule has 25 heavy (non-hydrogen) atoms. The van der Waals surface area contributed by atoms with Crippen molar-refractivity contribution in [2.45, 2.75) is 39.8 Å². The summed E-state index contributed by atoms with van der Waals surface area (Å²) in [5.74, 6) is 2.17. The number of furan rings is 1. The highest BCUT2D eigenvalue weighted by Gasteiger charge is 2.27. The number of nitrogens with one attached hydrogen (secondary N) is 2. The van der Waals surface area contributed by atoms with Crippen LogP contribution in [0.5, 0.6) is 0 Å². The van der Waals surface area contributed by atoms with Crippen LogP contribution in [0.4, 0.5) is 0 Å². The first kappa shape index (κ1) is 21.5. The smallest absolute Gasteiger partial charge is 0.191 e. The number of aliphatic hydroxyl groups is 1. The van der Waals surface area contributed by atoms with E-state index in [0.717, 1.165) is 29.3 Å². The quantitative estimate of drug-likeness (QED) is 0.349. The molecular formula is C17H28IN5O2. The summed E-state index contributed by atoms with van der Waals surface area (Å²) in [6.45, 7) is 9.08. The third-order valence-electron chi connectivity index (χ3n) is 3.89. The van der Waals surface area contributed by atoms with E-state index in [9.17, 15) is 5.11 Å². The molecule has 0 aliphatic rings. The average molecular weight is 461 g/mol. The third-order valence-corrected chi connectivity index (χ3v) is 3.89. The molecule has 2 aromatic rings. The Balaban J connectivity index is 0.00000312. The molecule has 1 atom stereocenters. The van der Waals surface area contributed by atoms with Gasteiger partial charge in [-0.3, -0.25) is 4.68 Å². The molecule has 0 fully saturated rings. The summed E-state index contributed by atoms with van der Waals surface area (Å²) in [5, 5.41) is 21.3. The van der Waals surface area contributed by atoms with Crippen molar-refractivity contribution >= 4 is 29.9 Å². The molecule has 2 rings (SSSR count). The largest absolute Gasteiger partial charge is 0.466 e. The Morgan fingerprint density at radius 2 is 2.12 bits per heavy atom. The zero-order valence-electron chi connectivity index (χ0n) is 15.5. The highest BCUT2D eigenvalue weighted by molar-refractivity contribution is 14.0. The molecule has 0 amide bonds. The van der Waals surface area contributed by atoms with Crippen molar-refractivity contribution in [3.05, 3.63) is 41.1 Å². The number of aromatic nitrogens is 2. The summed E-state index contributed by atoms with van der Waals surface area (Å²) in [6, 6.07) is 3.80. The molecule has 0 aliphatic heterocycles. The van der Waals surface area contributed by atoms with Gasteiger partial charge < -0.3 is 20.2 Å². The van der Waals surface area contributed by atoms with Crippen molar-refractivity contribution in [3.63, 3.8) is 0 Å². The van der Waals surface area contributed by atoms with Gasteiger partial charge in [-0.05, 0) is 39.8 Å². The van der Waals surface area contributed by atoms with Crippen molar-refractivity contribution in [1.29, 1.82) is 0 Å². The van der Waals surface area contributed by atoms with Crippen LogP contribution < -0.4 is 10.6 Å². The van der Waals surface area contributed by atoms with E-state index in [4.69, 9.17) is 4.42 Å². The molecule has 0 aromatic carbocycles. The molecule has 3 N–H and O–H groups in total. The average Bonchev–Trinajstić information content (AvgIpc) is 3.07. The minimum Gasteiger partial charge on any atom is -0.466 e. The van der Waals surface area contributed by atoms with Crippen molar-refractivity contribution < 1.29 is 9.52 Å². The maximum atomic E-state index is 10.8. The van der Waals surface area contributed by atoms with Gasteiger partial charge in [0, 0.05) is 25.4 Å². The molecule has 0 saturated heterocycles. The Morgan fingerprint density at radius 1 is 1.40 bits per heavy atom. The molecule has 8 heteroatoms. The number of aliphatic imine (C=N–C) groups is 1. The molecule has 0 saturated carbocycles. The standard InChI is InChI=1S/C17H27N5O2.HI/c1-6-18-16(19-10-14-7-8-21-22(14)5)20-11-17(4,23)15-9-12(2)24-13(15)3;/h7-9,23H,6,10-11H2,1-5H3,(H2,18,19,20);1H. The summed E-state index contributed by atoms with van der Waals surface area (Å²) in [7, 11) is 1.89. The molecule has 0 spiro atoms. The molecule has 0 radical (unpaired) electrons. The van der Waals surface area contributed by atoms with Crippen molar-refractivity contribution in [3.8, 4) is 0 Å². The number of nitrogens with zero attached hydrogens (tertiary/aromatic N) is 3. The van der Waals surface area contributed by atoms with Crippen LogP contribution in [0.1, 0.15) is 36.6 Å². The number of aryl methyl sites for hydroxylation is 3. The summed E-state index contributed by atoms with van der Waals surface area (Å²) in [4.78, 5) is 4.54.